The maximum atomic E-state index is 11.3. The summed E-state index contributed by atoms with van der Waals surface area (Å²) in [5, 5.41) is 0. The first-order valence-electron chi connectivity index (χ1n) is 4.74. The fraction of sp³-hybridized carbons (Fsp3) is 0.667. The third-order valence-electron chi connectivity index (χ3n) is 1.50. The second-order valence-corrected chi connectivity index (χ2v) is 4.96. The minimum atomic E-state index is -4.64. The van der Waals surface area contributed by atoms with Gasteiger partial charge in [0.25, 0.3) is 0 Å². The van der Waals surface area contributed by atoms with Crippen LogP contribution in [0.25, 0.3) is 0 Å². The van der Waals surface area contributed by atoms with Gasteiger partial charge in [0.1, 0.15) is 0 Å². The van der Waals surface area contributed by atoms with Crippen molar-refractivity contribution >= 4 is 13.8 Å². The maximum absolute atomic E-state index is 11.3. The molecule has 0 bridgehead atoms. The predicted molar refractivity (Wildman–Crippen MR) is 57.3 cm³/mol. The Labute approximate surface area is 94.5 Å². The lowest BCUT2D eigenvalue weighted by Gasteiger charge is -2.15. The Morgan fingerprint density at radius 3 is 2.25 bits per heavy atom. The summed E-state index contributed by atoms with van der Waals surface area (Å²) in [7, 11) is -4.64. The number of phosphoric ester groups is 1. The van der Waals surface area contributed by atoms with Crippen molar-refractivity contribution < 1.29 is 28.4 Å². The third kappa shape index (κ3) is 7.59. The van der Waals surface area contributed by atoms with Gasteiger partial charge in [-0.3, -0.25) is 0 Å². The minimum absolute atomic E-state index is 0.246. The van der Waals surface area contributed by atoms with Crippen molar-refractivity contribution in [3.05, 3.63) is 12.2 Å². The average Bonchev–Trinajstić information content (AvgIpc) is 1.98. The van der Waals surface area contributed by atoms with Gasteiger partial charge in [-0.25, -0.2) is 13.9 Å². The van der Waals surface area contributed by atoms with E-state index in [9.17, 15) is 9.36 Å². The molecule has 16 heavy (non-hydrogen) atoms. The molecule has 0 aliphatic carbocycles. The second kappa shape index (κ2) is 6.15. The first-order chi connectivity index (χ1) is 7.11. The van der Waals surface area contributed by atoms with E-state index in [2.05, 4.69) is 15.8 Å². The quantitative estimate of drug-likeness (QED) is 0.322. The van der Waals surface area contributed by atoms with E-state index in [1.54, 1.807) is 0 Å². The van der Waals surface area contributed by atoms with E-state index in [0.717, 1.165) is 0 Å². The Kier molecular flexibility index (Phi) is 5.89. The molecule has 6 nitrogen and oxygen atoms in total. The Balaban J connectivity index is 4.14. The van der Waals surface area contributed by atoms with Gasteiger partial charge in [-0.05, 0) is 19.3 Å². The molecule has 0 fully saturated rings. The zero-order valence-corrected chi connectivity index (χ0v) is 10.4. The fourth-order valence-electron chi connectivity index (χ4n) is 1.03. The van der Waals surface area contributed by atoms with Gasteiger partial charge >= 0.3 is 13.8 Å². The number of hydrogen-bond donors (Lipinski definition) is 2. The van der Waals surface area contributed by atoms with Crippen molar-refractivity contribution in [1.29, 1.82) is 0 Å². The van der Waals surface area contributed by atoms with Gasteiger partial charge in [-0.15, -0.1) is 0 Å². The molecular weight excluding hydrogens is 235 g/mol. The summed E-state index contributed by atoms with van der Waals surface area (Å²) in [6.07, 6.45) is -0.848. The summed E-state index contributed by atoms with van der Waals surface area (Å²) in [6.45, 7) is 8.56. The topological polar surface area (TPSA) is 93.1 Å². The largest absolute Gasteiger partial charge is 0.472 e. The molecule has 0 spiro atoms. The highest BCUT2D eigenvalue weighted by atomic mass is 31.2. The van der Waals surface area contributed by atoms with Crippen LogP contribution in [0.4, 0.5) is 0 Å². The van der Waals surface area contributed by atoms with Crippen LogP contribution in [0.1, 0.15) is 27.2 Å². The van der Waals surface area contributed by atoms with Crippen LogP contribution >= 0.6 is 7.82 Å². The Morgan fingerprint density at radius 1 is 1.38 bits per heavy atom. The Morgan fingerprint density at radius 2 is 1.88 bits per heavy atom. The van der Waals surface area contributed by atoms with Crippen molar-refractivity contribution in [1.82, 2.24) is 0 Å². The maximum Gasteiger partial charge on any atom is 0.472 e. The molecule has 2 N–H and O–H groups in total. The molecule has 0 aliphatic rings. The van der Waals surface area contributed by atoms with Crippen LogP contribution in [0.15, 0.2) is 12.2 Å². The van der Waals surface area contributed by atoms with Crippen molar-refractivity contribution in [2.75, 3.05) is 0 Å². The van der Waals surface area contributed by atoms with Crippen molar-refractivity contribution in [3.8, 4) is 0 Å². The number of esters is 1. The molecule has 0 aromatic rings. The number of carbonyl (C=O) groups is 1. The highest BCUT2D eigenvalue weighted by Gasteiger charge is 2.22. The highest BCUT2D eigenvalue weighted by molar-refractivity contribution is 7.46. The summed E-state index contributed by atoms with van der Waals surface area (Å²) in [4.78, 5) is 28.2. The van der Waals surface area contributed by atoms with Crippen LogP contribution in [0, 0.1) is 5.92 Å². The number of hydrogen-bond acceptors (Lipinski definition) is 4. The lowest BCUT2D eigenvalue weighted by Crippen LogP contribution is -2.18. The van der Waals surface area contributed by atoms with Gasteiger partial charge in [-0.2, -0.15) is 0 Å². The minimum Gasteiger partial charge on any atom is -0.432 e. The van der Waals surface area contributed by atoms with E-state index >= 15 is 0 Å². The van der Waals surface area contributed by atoms with Crippen LogP contribution in [0.3, 0.4) is 0 Å². The van der Waals surface area contributed by atoms with Crippen molar-refractivity contribution in [3.63, 3.8) is 0 Å². The van der Waals surface area contributed by atoms with Crippen molar-refractivity contribution in [2.45, 2.75) is 33.5 Å². The van der Waals surface area contributed by atoms with Gasteiger partial charge in [0.15, 0.2) is 0 Å². The van der Waals surface area contributed by atoms with E-state index in [1.165, 1.54) is 6.92 Å². The summed E-state index contributed by atoms with van der Waals surface area (Å²) in [5.74, 6) is -0.465. The number of ether oxygens (including phenoxy) is 1. The van der Waals surface area contributed by atoms with E-state index < -0.39 is 20.1 Å². The highest BCUT2D eigenvalue weighted by Crippen LogP contribution is 2.37. The van der Waals surface area contributed by atoms with Crippen LogP contribution in [-0.4, -0.2) is 22.0 Å². The van der Waals surface area contributed by atoms with Gasteiger partial charge in [0.2, 0.25) is 6.29 Å². The smallest absolute Gasteiger partial charge is 0.432 e. The van der Waals surface area contributed by atoms with Crippen LogP contribution in [-0.2, 0) is 18.6 Å². The Bertz CT molecular complexity index is 305. The molecule has 0 aromatic carbocycles. The predicted octanol–water partition coefficient (Wildman–Crippen LogP) is 1.59. The summed E-state index contributed by atoms with van der Waals surface area (Å²) in [6, 6.07) is 0. The first-order valence-corrected chi connectivity index (χ1v) is 6.27. The zero-order chi connectivity index (χ0) is 12.9. The third-order valence-corrected chi connectivity index (χ3v) is 2.07. The molecule has 0 heterocycles. The van der Waals surface area contributed by atoms with Gasteiger partial charge in [0.05, 0.1) is 0 Å². The lowest BCUT2D eigenvalue weighted by atomic mass is 10.1. The van der Waals surface area contributed by atoms with Crippen LogP contribution < -0.4 is 0 Å². The molecule has 0 rings (SSSR count). The van der Waals surface area contributed by atoms with E-state index in [0.29, 0.717) is 6.42 Å². The van der Waals surface area contributed by atoms with Crippen LogP contribution in [0.2, 0.25) is 0 Å². The molecule has 0 radical (unpaired) electrons. The second-order valence-electron chi connectivity index (χ2n) is 3.77. The molecule has 94 valence electrons. The summed E-state index contributed by atoms with van der Waals surface area (Å²) >= 11 is 0. The first kappa shape index (κ1) is 15.3. The molecular formula is C9H17O6P. The molecule has 7 heteroatoms. The summed E-state index contributed by atoms with van der Waals surface area (Å²) < 4.78 is 19.2. The van der Waals surface area contributed by atoms with Gasteiger partial charge < -0.3 is 14.5 Å². The zero-order valence-electron chi connectivity index (χ0n) is 9.54. The van der Waals surface area contributed by atoms with Crippen molar-refractivity contribution in [2.24, 2.45) is 5.92 Å². The lowest BCUT2D eigenvalue weighted by molar-refractivity contribution is -0.158. The monoisotopic (exact) mass is 252 g/mol. The SMILES string of the molecule is C=C(CC(C)C)C(=O)OC(C)OP(=O)(O)O. The van der Waals surface area contributed by atoms with Gasteiger partial charge in [-0.1, -0.05) is 20.4 Å². The molecule has 0 amide bonds. The molecule has 1 atom stereocenters. The van der Waals surface area contributed by atoms with E-state index in [1.807, 2.05) is 13.8 Å². The number of phosphoric acid groups is 1. The number of carbonyl (C=O) groups excluding carboxylic acids is 1. The molecule has 0 saturated carbocycles. The molecule has 1 unspecified atom stereocenters. The van der Waals surface area contributed by atoms with Gasteiger partial charge in [0, 0.05) is 5.57 Å². The fourth-order valence-corrected chi connectivity index (χ4v) is 1.45. The Hall–Kier alpha value is -0.680. The average molecular weight is 252 g/mol. The van der Waals surface area contributed by atoms with E-state index in [-0.39, 0.29) is 11.5 Å². The van der Waals surface area contributed by atoms with Crippen LogP contribution in [0.5, 0.6) is 0 Å². The van der Waals surface area contributed by atoms with E-state index in [4.69, 9.17) is 9.79 Å². The molecule has 0 aromatic heterocycles. The summed E-state index contributed by atoms with van der Waals surface area (Å²) in [5.41, 5.74) is 0.246. The normalized spacial score (nSPS) is 13.6. The standard InChI is InChI=1S/C9H17O6P/c1-6(2)5-7(3)9(10)14-8(4)15-16(11,12)13/h6,8H,3,5H2,1-2,4H3,(H2,11,12,13). The number of rotatable bonds is 6. The molecule has 0 saturated heterocycles. The molecule has 0 aliphatic heterocycles.